The number of hydrogen-bond acceptors (Lipinski definition) is 6. The average molecular weight is 464 g/mol. The second kappa shape index (κ2) is 22.2. The standard InChI is InChI=1S/2C10H10O2.2C2H6O.Ti/c2*1-8(11)7-10(12)9-5-3-2-4-6-9;2*1-2-3;/h2*2-7,12H,1H3;2*3H,2H2,1H3;/b2*10-7-;;;. The van der Waals surface area contributed by atoms with Crippen LogP contribution in [0.1, 0.15) is 38.8 Å². The molecular weight excluding hydrogens is 432 g/mol. The number of benzene rings is 2. The smallest absolute Gasteiger partial charge is 0.156 e. The first kappa shape index (κ1) is 33.1. The van der Waals surface area contributed by atoms with Crippen molar-refractivity contribution in [3.05, 3.63) is 83.9 Å². The second-order valence-corrected chi connectivity index (χ2v) is 5.64. The number of ketones is 2. The monoisotopic (exact) mass is 464 g/mol. The van der Waals surface area contributed by atoms with Gasteiger partial charge >= 0.3 is 0 Å². The van der Waals surface area contributed by atoms with Gasteiger partial charge in [0.15, 0.2) is 11.6 Å². The zero-order chi connectivity index (χ0) is 23.4. The first-order valence-electron chi connectivity index (χ1n) is 9.38. The van der Waals surface area contributed by atoms with Gasteiger partial charge in [-0.2, -0.15) is 0 Å². The van der Waals surface area contributed by atoms with Crippen molar-refractivity contribution in [2.45, 2.75) is 27.7 Å². The van der Waals surface area contributed by atoms with Crippen LogP contribution < -0.4 is 0 Å². The number of allylic oxidation sites excluding steroid dienone is 2. The SMILES string of the molecule is CC(=O)/C=C(\O)c1ccccc1.CC(=O)/C=C(\O)c1ccccc1.CCO.CCO.[Ti]. The molecule has 0 amide bonds. The van der Waals surface area contributed by atoms with Crippen molar-refractivity contribution in [1.29, 1.82) is 0 Å². The molecule has 0 aliphatic rings. The molecule has 0 spiro atoms. The van der Waals surface area contributed by atoms with Crippen molar-refractivity contribution >= 4 is 23.1 Å². The van der Waals surface area contributed by atoms with E-state index in [4.69, 9.17) is 10.2 Å². The minimum absolute atomic E-state index is 0. The van der Waals surface area contributed by atoms with E-state index in [1.165, 1.54) is 26.0 Å². The van der Waals surface area contributed by atoms with Gasteiger partial charge in [-0.05, 0) is 27.7 Å². The maximum Gasteiger partial charge on any atom is 0.156 e. The minimum Gasteiger partial charge on any atom is -0.507 e. The molecule has 2 aromatic rings. The summed E-state index contributed by atoms with van der Waals surface area (Å²) in [4.78, 5) is 21.2. The normalized spacial score (nSPS) is 9.87. The first-order valence-corrected chi connectivity index (χ1v) is 9.38. The van der Waals surface area contributed by atoms with Gasteiger partial charge in [-0.15, -0.1) is 0 Å². The maximum absolute atomic E-state index is 10.6. The molecule has 0 aliphatic carbocycles. The maximum atomic E-state index is 10.6. The van der Waals surface area contributed by atoms with Gasteiger partial charge in [0.05, 0.1) is 0 Å². The van der Waals surface area contributed by atoms with Crippen LogP contribution in [0.3, 0.4) is 0 Å². The molecule has 0 unspecified atom stereocenters. The Kier molecular flexibility index (Phi) is 23.7. The van der Waals surface area contributed by atoms with Crippen LogP contribution >= 0.6 is 0 Å². The van der Waals surface area contributed by atoms with Gasteiger partial charge in [0.1, 0.15) is 11.5 Å². The average Bonchev–Trinajstić information content (AvgIpc) is 2.70. The van der Waals surface area contributed by atoms with Crippen molar-refractivity contribution in [2.75, 3.05) is 13.2 Å². The van der Waals surface area contributed by atoms with Crippen LogP contribution in [-0.4, -0.2) is 45.2 Å². The van der Waals surface area contributed by atoms with E-state index >= 15 is 0 Å². The molecular formula is C24H32O6Ti. The van der Waals surface area contributed by atoms with Crippen LogP contribution in [-0.2, 0) is 31.3 Å². The summed E-state index contributed by atoms with van der Waals surface area (Å²) in [6.45, 7) is 6.66. The van der Waals surface area contributed by atoms with Gasteiger partial charge in [-0.3, -0.25) is 9.59 Å². The third-order valence-electron chi connectivity index (χ3n) is 2.82. The summed E-state index contributed by atoms with van der Waals surface area (Å²) in [7, 11) is 0. The summed E-state index contributed by atoms with van der Waals surface area (Å²) >= 11 is 0. The molecule has 6 nitrogen and oxygen atoms in total. The summed E-state index contributed by atoms with van der Waals surface area (Å²) in [6.07, 6.45) is 2.41. The Balaban J connectivity index is -0.000000394. The Bertz CT molecular complexity index is 704. The third-order valence-corrected chi connectivity index (χ3v) is 2.82. The molecule has 0 saturated heterocycles. The van der Waals surface area contributed by atoms with Crippen molar-refractivity contribution in [2.24, 2.45) is 0 Å². The molecule has 7 heteroatoms. The van der Waals surface area contributed by atoms with Crippen molar-refractivity contribution in [1.82, 2.24) is 0 Å². The number of aliphatic hydroxyl groups excluding tert-OH is 4. The summed E-state index contributed by atoms with van der Waals surface area (Å²) in [5.74, 6) is -0.279. The predicted molar refractivity (Wildman–Crippen MR) is 121 cm³/mol. The van der Waals surface area contributed by atoms with Crippen LogP contribution in [0.25, 0.3) is 11.5 Å². The Hall–Kier alpha value is -2.51. The van der Waals surface area contributed by atoms with Crippen molar-refractivity contribution < 1.29 is 51.7 Å². The Morgan fingerprint density at radius 1 is 0.677 bits per heavy atom. The fraction of sp³-hybridized carbons (Fsp3) is 0.250. The van der Waals surface area contributed by atoms with Gasteiger partial charge in [-0.1, -0.05) is 60.7 Å². The van der Waals surface area contributed by atoms with Gasteiger partial charge in [0.25, 0.3) is 0 Å². The topological polar surface area (TPSA) is 115 Å². The zero-order valence-electron chi connectivity index (χ0n) is 18.4. The van der Waals surface area contributed by atoms with Crippen LogP contribution in [0.4, 0.5) is 0 Å². The number of aliphatic hydroxyl groups is 4. The second-order valence-electron chi connectivity index (χ2n) is 5.64. The number of carbonyl (C=O) groups excluding carboxylic acids is 2. The summed E-state index contributed by atoms with van der Waals surface area (Å²) in [5.41, 5.74) is 1.32. The van der Waals surface area contributed by atoms with Crippen LogP contribution in [0.15, 0.2) is 72.8 Å². The zero-order valence-corrected chi connectivity index (χ0v) is 20.0. The van der Waals surface area contributed by atoms with Crippen molar-refractivity contribution in [3.63, 3.8) is 0 Å². The molecule has 0 heterocycles. The largest absolute Gasteiger partial charge is 0.507 e. The molecule has 0 radical (unpaired) electrons. The Morgan fingerprint density at radius 2 is 0.903 bits per heavy atom. The van der Waals surface area contributed by atoms with Crippen LogP contribution in [0.5, 0.6) is 0 Å². The van der Waals surface area contributed by atoms with E-state index in [1.54, 1.807) is 62.4 Å². The van der Waals surface area contributed by atoms with E-state index in [9.17, 15) is 19.8 Å². The van der Waals surface area contributed by atoms with E-state index in [-0.39, 0.29) is 58.0 Å². The minimum atomic E-state index is -0.156. The van der Waals surface area contributed by atoms with Gasteiger partial charge in [0.2, 0.25) is 0 Å². The Morgan fingerprint density at radius 3 is 1.10 bits per heavy atom. The van der Waals surface area contributed by atoms with Gasteiger partial charge < -0.3 is 20.4 Å². The number of rotatable bonds is 4. The third kappa shape index (κ3) is 20.5. The van der Waals surface area contributed by atoms with E-state index < -0.39 is 0 Å². The molecule has 0 atom stereocenters. The number of carbonyl (C=O) groups is 2. The molecule has 2 aromatic carbocycles. The van der Waals surface area contributed by atoms with Crippen molar-refractivity contribution in [3.8, 4) is 0 Å². The first-order chi connectivity index (χ1) is 14.2. The van der Waals surface area contributed by atoms with Crippen LogP contribution in [0, 0.1) is 0 Å². The quantitative estimate of drug-likeness (QED) is 0.304. The molecule has 0 aliphatic heterocycles. The fourth-order valence-electron chi connectivity index (χ4n) is 1.77. The van der Waals surface area contributed by atoms with E-state index in [0.29, 0.717) is 11.1 Å². The molecule has 4 N–H and O–H groups in total. The van der Waals surface area contributed by atoms with E-state index in [2.05, 4.69) is 0 Å². The summed E-state index contributed by atoms with van der Waals surface area (Å²) in [6, 6.07) is 17.9. The van der Waals surface area contributed by atoms with Gasteiger partial charge in [0, 0.05) is 58.2 Å². The van der Waals surface area contributed by atoms with Crippen LogP contribution in [0.2, 0.25) is 0 Å². The predicted octanol–water partition coefficient (Wildman–Crippen LogP) is 4.34. The molecule has 2 rings (SSSR count). The van der Waals surface area contributed by atoms with E-state index in [0.717, 1.165) is 0 Å². The summed E-state index contributed by atoms with van der Waals surface area (Å²) in [5, 5.41) is 33.8. The molecule has 0 aromatic heterocycles. The number of hydrogen-bond donors (Lipinski definition) is 4. The van der Waals surface area contributed by atoms with E-state index in [1.807, 2.05) is 12.1 Å². The molecule has 31 heavy (non-hydrogen) atoms. The molecule has 0 saturated carbocycles. The summed E-state index contributed by atoms with van der Waals surface area (Å²) < 4.78 is 0. The van der Waals surface area contributed by atoms with Gasteiger partial charge in [-0.25, -0.2) is 0 Å². The molecule has 0 fully saturated rings. The fourth-order valence-corrected chi connectivity index (χ4v) is 1.77. The molecule has 0 bridgehead atoms. The Labute approximate surface area is 199 Å². The molecule has 168 valence electrons.